The normalized spacial score (nSPS) is 26.2. The molecule has 5 heteroatoms. The van der Waals surface area contributed by atoms with Crippen molar-refractivity contribution in [2.45, 2.75) is 128 Å². The molecule has 168 valence electrons. The van der Waals surface area contributed by atoms with Crippen molar-refractivity contribution in [2.24, 2.45) is 10.8 Å². The average Bonchev–Trinajstić information content (AvgIpc) is 3.62. The van der Waals surface area contributed by atoms with Crippen LogP contribution in [0.3, 0.4) is 0 Å². The number of hydrogen-bond donors (Lipinski definition) is 2. The molecular weight excluding hydrogens is 368 g/mol. The molecule has 0 aromatic carbocycles. The highest BCUT2D eigenvalue weighted by Gasteiger charge is 2.52. The average molecular weight is 411 g/mol. The Morgan fingerprint density at radius 3 is 2.28 bits per heavy atom. The molecule has 29 heavy (non-hydrogen) atoms. The Morgan fingerprint density at radius 2 is 1.76 bits per heavy atom. The quantitative estimate of drug-likeness (QED) is 0.216. The lowest BCUT2D eigenvalue weighted by Crippen LogP contribution is -2.26. The fourth-order valence-corrected chi connectivity index (χ4v) is 5.52. The van der Waals surface area contributed by atoms with Crippen LogP contribution in [0.25, 0.3) is 0 Å². The van der Waals surface area contributed by atoms with E-state index in [9.17, 15) is 9.90 Å². The number of carbonyl (C=O) groups is 1. The molecule has 1 saturated heterocycles. The van der Waals surface area contributed by atoms with E-state index in [1.165, 1.54) is 25.7 Å². The first kappa shape index (κ1) is 23.0. The molecule has 3 atom stereocenters. The molecule has 2 N–H and O–H groups in total. The van der Waals surface area contributed by atoms with Crippen LogP contribution < -0.4 is 0 Å². The second kappa shape index (κ2) is 10.6. The molecule has 0 aromatic rings. The van der Waals surface area contributed by atoms with Gasteiger partial charge >= 0.3 is 5.97 Å². The first-order valence-electron chi connectivity index (χ1n) is 12.1. The summed E-state index contributed by atoms with van der Waals surface area (Å²) in [6.45, 7) is 2.00. The van der Waals surface area contributed by atoms with E-state index in [-0.39, 0.29) is 36.5 Å². The summed E-state index contributed by atoms with van der Waals surface area (Å²) in [5.41, 5.74) is 0.577. The summed E-state index contributed by atoms with van der Waals surface area (Å²) in [4.78, 5) is 11.4. The molecule has 0 radical (unpaired) electrons. The first-order chi connectivity index (χ1) is 14.0. The fraction of sp³-hybridized carbons (Fsp3) is 0.958. The zero-order valence-electron chi connectivity index (χ0n) is 18.4. The number of unbranched alkanes of at least 4 members (excludes halogenated alkanes) is 2. The SMILES string of the molecule is CCCC(OCO)C1(CCCCC(O)CCCCC2(C3CCC(=O)O3)CC2)CC1. The second-order valence-corrected chi connectivity index (χ2v) is 9.96. The van der Waals surface area contributed by atoms with Crippen LogP contribution in [-0.2, 0) is 14.3 Å². The van der Waals surface area contributed by atoms with Gasteiger partial charge in [0.2, 0.25) is 0 Å². The standard InChI is InChI=1S/C24H42O5/c1-2-7-20(28-18-25)23(14-15-23)12-5-3-8-19(26)9-4-6-13-24(16-17-24)21-10-11-22(27)29-21/h19-21,25-26H,2-18H2,1H3. The fourth-order valence-electron chi connectivity index (χ4n) is 5.52. The van der Waals surface area contributed by atoms with E-state index in [2.05, 4.69) is 6.92 Å². The lowest BCUT2D eigenvalue weighted by Gasteiger charge is -2.26. The predicted octanol–water partition coefficient (Wildman–Crippen LogP) is 4.87. The third-order valence-corrected chi connectivity index (χ3v) is 7.79. The van der Waals surface area contributed by atoms with Gasteiger partial charge in [-0.2, -0.15) is 0 Å². The Balaban J connectivity index is 1.23. The van der Waals surface area contributed by atoms with Gasteiger partial charge in [0.25, 0.3) is 0 Å². The monoisotopic (exact) mass is 410 g/mol. The summed E-state index contributed by atoms with van der Waals surface area (Å²) in [5, 5.41) is 19.5. The van der Waals surface area contributed by atoms with Crippen LogP contribution in [0.2, 0.25) is 0 Å². The maximum Gasteiger partial charge on any atom is 0.306 e. The molecule has 0 amide bonds. The highest BCUT2D eigenvalue weighted by Crippen LogP contribution is 2.56. The van der Waals surface area contributed by atoms with Crippen LogP contribution in [0.15, 0.2) is 0 Å². The minimum Gasteiger partial charge on any atom is -0.462 e. The summed E-state index contributed by atoms with van der Waals surface area (Å²) in [5.74, 6) is -0.0198. The molecule has 3 rings (SSSR count). The molecule has 0 bridgehead atoms. The molecule has 3 aliphatic rings. The van der Waals surface area contributed by atoms with Gasteiger partial charge in [0.15, 0.2) is 0 Å². The highest BCUT2D eigenvalue weighted by atomic mass is 16.6. The summed E-state index contributed by atoms with van der Waals surface area (Å²) in [7, 11) is 0. The van der Waals surface area contributed by atoms with Crippen molar-refractivity contribution in [1.82, 2.24) is 0 Å². The molecule has 0 aromatic heterocycles. The lowest BCUT2D eigenvalue weighted by atomic mass is 9.88. The predicted molar refractivity (Wildman–Crippen MR) is 112 cm³/mol. The van der Waals surface area contributed by atoms with Gasteiger partial charge in [-0.25, -0.2) is 0 Å². The molecule has 3 unspecified atom stereocenters. The number of esters is 1. The highest BCUT2D eigenvalue weighted by molar-refractivity contribution is 5.71. The van der Waals surface area contributed by atoms with Crippen LogP contribution >= 0.6 is 0 Å². The minimum atomic E-state index is -0.190. The molecule has 1 aliphatic heterocycles. The summed E-state index contributed by atoms with van der Waals surface area (Å²) >= 11 is 0. The number of hydrogen-bond acceptors (Lipinski definition) is 5. The van der Waals surface area contributed by atoms with Gasteiger partial charge in [0.05, 0.1) is 12.2 Å². The van der Waals surface area contributed by atoms with E-state index in [0.29, 0.717) is 11.8 Å². The van der Waals surface area contributed by atoms with Crippen molar-refractivity contribution >= 4 is 5.97 Å². The molecule has 3 fully saturated rings. The molecule has 0 spiro atoms. The Hall–Kier alpha value is -0.650. The van der Waals surface area contributed by atoms with Crippen LogP contribution in [0.5, 0.6) is 0 Å². The van der Waals surface area contributed by atoms with Crippen LogP contribution in [0.1, 0.15) is 110 Å². The molecular formula is C24H42O5. The van der Waals surface area contributed by atoms with Gasteiger partial charge in [-0.3, -0.25) is 4.79 Å². The van der Waals surface area contributed by atoms with E-state index in [0.717, 1.165) is 70.6 Å². The largest absolute Gasteiger partial charge is 0.462 e. The minimum absolute atomic E-state index is 0.0198. The zero-order chi connectivity index (χ0) is 20.7. The lowest BCUT2D eigenvalue weighted by molar-refractivity contribution is -0.144. The number of cyclic esters (lactones) is 1. The van der Waals surface area contributed by atoms with Gasteiger partial charge < -0.3 is 19.7 Å². The molecule has 5 nitrogen and oxygen atoms in total. The van der Waals surface area contributed by atoms with Gasteiger partial charge in [-0.1, -0.05) is 39.0 Å². The van der Waals surface area contributed by atoms with Crippen molar-refractivity contribution in [2.75, 3.05) is 6.79 Å². The topological polar surface area (TPSA) is 76.0 Å². The van der Waals surface area contributed by atoms with E-state index in [1.54, 1.807) is 0 Å². The van der Waals surface area contributed by atoms with Crippen molar-refractivity contribution in [1.29, 1.82) is 0 Å². The number of ether oxygens (including phenoxy) is 2. The Morgan fingerprint density at radius 1 is 1.07 bits per heavy atom. The number of rotatable bonds is 16. The summed E-state index contributed by atoms with van der Waals surface area (Å²) in [6.07, 6.45) is 17.1. The summed E-state index contributed by atoms with van der Waals surface area (Å²) < 4.78 is 11.1. The number of aliphatic hydroxyl groups is 2. The third-order valence-electron chi connectivity index (χ3n) is 7.79. The number of carbonyl (C=O) groups excluding carboxylic acids is 1. The Labute approximate surface area is 176 Å². The Kier molecular flexibility index (Phi) is 8.41. The van der Waals surface area contributed by atoms with Crippen molar-refractivity contribution in [3.8, 4) is 0 Å². The van der Waals surface area contributed by atoms with E-state index in [1.807, 2.05) is 0 Å². The van der Waals surface area contributed by atoms with Crippen molar-refractivity contribution in [3.05, 3.63) is 0 Å². The van der Waals surface area contributed by atoms with Crippen LogP contribution in [-0.4, -0.2) is 41.3 Å². The molecule has 1 heterocycles. The maximum atomic E-state index is 11.4. The molecule has 2 saturated carbocycles. The van der Waals surface area contributed by atoms with Gasteiger partial charge in [0, 0.05) is 11.8 Å². The number of aliphatic hydroxyl groups excluding tert-OH is 2. The van der Waals surface area contributed by atoms with Crippen molar-refractivity contribution < 1.29 is 24.5 Å². The zero-order valence-corrected chi connectivity index (χ0v) is 18.4. The van der Waals surface area contributed by atoms with Gasteiger partial charge in [-0.05, 0) is 69.6 Å². The van der Waals surface area contributed by atoms with Crippen molar-refractivity contribution in [3.63, 3.8) is 0 Å². The van der Waals surface area contributed by atoms with E-state index in [4.69, 9.17) is 14.6 Å². The Bertz CT molecular complexity index is 505. The van der Waals surface area contributed by atoms with E-state index < -0.39 is 0 Å². The van der Waals surface area contributed by atoms with Gasteiger partial charge in [-0.15, -0.1) is 0 Å². The summed E-state index contributed by atoms with van der Waals surface area (Å²) in [6, 6.07) is 0. The smallest absolute Gasteiger partial charge is 0.306 e. The second-order valence-electron chi connectivity index (χ2n) is 9.96. The maximum absolute atomic E-state index is 11.4. The van der Waals surface area contributed by atoms with Crippen LogP contribution in [0.4, 0.5) is 0 Å². The first-order valence-corrected chi connectivity index (χ1v) is 12.1. The van der Waals surface area contributed by atoms with Crippen LogP contribution in [0, 0.1) is 10.8 Å². The van der Waals surface area contributed by atoms with E-state index >= 15 is 0 Å². The third kappa shape index (κ3) is 6.41. The van der Waals surface area contributed by atoms with Gasteiger partial charge in [0.1, 0.15) is 12.9 Å². The molecule has 2 aliphatic carbocycles.